The molecule has 0 aromatic carbocycles. The van der Waals surface area contributed by atoms with Crippen molar-refractivity contribution in [3.05, 3.63) is 6.07 Å². The van der Waals surface area contributed by atoms with Crippen LogP contribution in [0, 0.1) is 5.92 Å². The third-order valence-corrected chi connectivity index (χ3v) is 2.39. The fraction of sp³-hybridized carbons (Fsp3) is 0.583. The van der Waals surface area contributed by atoms with Gasteiger partial charge < -0.3 is 20.7 Å². The van der Waals surface area contributed by atoms with Crippen LogP contribution in [0.1, 0.15) is 13.8 Å². The van der Waals surface area contributed by atoms with Crippen LogP contribution in [0.5, 0.6) is 5.88 Å². The predicted molar refractivity (Wildman–Crippen MR) is 74.1 cm³/mol. The van der Waals surface area contributed by atoms with E-state index in [2.05, 4.69) is 15.3 Å². The molecule has 0 radical (unpaired) electrons. The summed E-state index contributed by atoms with van der Waals surface area (Å²) in [5.74, 6) is 1.39. The maximum Gasteiger partial charge on any atom is 0.239 e. The standard InChI is InChI=1S/C12H21N5O2/c1-8(2)6-14-10(18)7-17(3)9-5-11(19-4)16-12(13)15-9/h5,8H,6-7H2,1-4H3,(H,14,18)(H2,13,15,16). The number of carbonyl (C=O) groups excluding carboxylic acids is 1. The van der Waals surface area contributed by atoms with E-state index in [-0.39, 0.29) is 18.4 Å². The number of anilines is 2. The molecule has 0 aliphatic carbocycles. The van der Waals surface area contributed by atoms with Crippen molar-refractivity contribution in [1.29, 1.82) is 0 Å². The molecule has 0 atom stereocenters. The molecule has 0 fully saturated rings. The Morgan fingerprint density at radius 3 is 2.79 bits per heavy atom. The largest absolute Gasteiger partial charge is 0.481 e. The quantitative estimate of drug-likeness (QED) is 0.768. The van der Waals surface area contributed by atoms with Crippen LogP contribution < -0.4 is 20.7 Å². The lowest BCUT2D eigenvalue weighted by molar-refractivity contribution is -0.119. The van der Waals surface area contributed by atoms with Gasteiger partial charge in [0.1, 0.15) is 5.82 Å². The Morgan fingerprint density at radius 1 is 1.53 bits per heavy atom. The van der Waals surface area contributed by atoms with Gasteiger partial charge in [-0.3, -0.25) is 4.79 Å². The Hall–Kier alpha value is -2.05. The zero-order valence-electron chi connectivity index (χ0n) is 11.8. The van der Waals surface area contributed by atoms with Gasteiger partial charge in [0, 0.05) is 19.7 Å². The average molecular weight is 267 g/mol. The van der Waals surface area contributed by atoms with Crippen molar-refractivity contribution in [2.45, 2.75) is 13.8 Å². The summed E-state index contributed by atoms with van der Waals surface area (Å²) >= 11 is 0. The zero-order valence-corrected chi connectivity index (χ0v) is 11.8. The topological polar surface area (TPSA) is 93.4 Å². The van der Waals surface area contributed by atoms with Crippen LogP contribution in [0.4, 0.5) is 11.8 Å². The molecule has 0 spiro atoms. The number of hydrogen-bond acceptors (Lipinski definition) is 6. The highest BCUT2D eigenvalue weighted by atomic mass is 16.5. The first kappa shape index (κ1) is 15.0. The molecule has 1 heterocycles. The Kier molecular flexibility index (Phi) is 5.35. The van der Waals surface area contributed by atoms with E-state index in [4.69, 9.17) is 10.5 Å². The number of amides is 1. The molecular formula is C12H21N5O2. The van der Waals surface area contributed by atoms with Crippen LogP contribution >= 0.6 is 0 Å². The van der Waals surface area contributed by atoms with Crippen LogP contribution in [0.25, 0.3) is 0 Å². The lowest BCUT2D eigenvalue weighted by Crippen LogP contribution is -2.37. The molecule has 1 aromatic heterocycles. The number of ether oxygens (including phenoxy) is 1. The van der Waals surface area contributed by atoms with E-state index in [9.17, 15) is 4.79 Å². The first-order valence-electron chi connectivity index (χ1n) is 6.08. The number of nitrogens with zero attached hydrogens (tertiary/aromatic N) is 3. The SMILES string of the molecule is COc1cc(N(C)CC(=O)NCC(C)C)nc(N)n1. The lowest BCUT2D eigenvalue weighted by atomic mass is 10.2. The highest BCUT2D eigenvalue weighted by molar-refractivity contribution is 5.80. The van der Waals surface area contributed by atoms with Crippen LogP contribution in [-0.4, -0.2) is 43.1 Å². The number of rotatable bonds is 6. The fourth-order valence-electron chi connectivity index (χ4n) is 1.40. The summed E-state index contributed by atoms with van der Waals surface area (Å²) in [5.41, 5.74) is 5.57. The van der Waals surface area contributed by atoms with Gasteiger partial charge in [-0.1, -0.05) is 13.8 Å². The molecule has 19 heavy (non-hydrogen) atoms. The van der Waals surface area contributed by atoms with E-state index in [1.54, 1.807) is 18.0 Å². The first-order valence-corrected chi connectivity index (χ1v) is 6.08. The Morgan fingerprint density at radius 2 is 2.21 bits per heavy atom. The van der Waals surface area contributed by atoms with E-state index in [0.29, 0.717) is 24.2 Å². The first-order chi connectivity index (χ1) is 8.92. The summed E-state index contributed by atoms with van der Waals surface area (Å²) in [6, 6.07) is 1.63. The predicted octanol–water partition coefficient (Wildman–Crippen LogP) is 0.276. The summed E-state index contributed by atoms with van der Waals surface area (Å²) in [6.45, 7) is 4.94. The number of nitrogens with one attached hydrogen (secondary N) is 1. The van der Waals surface area contributed by atoms with Gasteiger partial charge in [-0.15, -0.1) is 0 Å². The smallest absolute Gasteiger partial charge is 0.239 e. The van der Waals surface area contributed by atoms with E-state index in [0.717, 1.165) is 0 Å². The summed E-state index contributed by atoms with van der Waals surface area (Å²) in [7, 11) is 3.26. The maximum atomic E-state index is 11.7. The van der Waals surface area contributed by atoms with Gasteiger partial charge >= 0.3 is 0 Å². The third-order valence-electron chi connectivity index (χ3n) is 2.39. The monoisotopic (exact) mass is 267 g/mol. The summed E-state index contributed by atoms with van der Waals surface area (Å²) < 4.78 is 5.01. The summed E-state index contributed by atoms with van der Waals surface area (Å²) in [6.07, 6.45) is 0. The molecule has 1 rings (SSSR count). The Bertz CT molecular complexity index is 436. The van der Waals surface area contributed by atoms with E-state index >= 15 is 0 Å². The molecule has 3 N–H and O–H groups in total. The number of nitrogen functional groups attached to an aromatic ring is 1. The summed E-state index contributed by atoms with van der Waals surface area (Å²) in [4.78, 5) is 21.4. The molecule has 1 aromatic rings. The van der Waals surface area contributed by atoms with Crippen molar-refractivity contribution in [3.63, 3.8) is 0 Å². The van der Waals surface area contributed by atoms with Crippen LogP contribution in [-0.2, 0) is 4.79 Å². The molecule has 7 nitrogen and oxygen atoms in total. The van der Waals surface area contributed by atoms with Crippen molar-refractivity contribution >= 4 is 17.7 Å². The van der Waals surface area contributed by atoms with Crippen molar-refractivity contribution in [3.8, 4) is 5.88 Å². The van der Waals surface area contributed by atoms with Crippen molar-refractivity contribution in [2.75, 3.05) is 37.9 Å². The second kappa shape index (κ2) is 6.77. The highest BCUT2D eigenvalue weighted by Gasteiger charge is 2.11. The summed E-state index contributed by atoms with van der Waals surface area (Å²) in [5, 5.41) is 2.84. The van der Waals surface area contributed by atoms with Gasteiger partial charge in [0.05, 0.1) is 13.7 Å². The molecule has 106 valence electrons. The molecule has 1 amide bonds. The molecule has 0 saturated heterocycles. The average Bonchev–Trinajstić information content (AvgIpc) is 2.35. The van der Waals surface area contributed by atoms with E-state index in [1.807, 2.05) is 13.8 Å². The Balaban J connectivity index is 2.64. The van der Waals surface area contributed by atoms with Gasteiger partial charge in [0.25, 0.3) is 0 Å². The van der Waals surface area contributed by atoms with Gasteiger partial charge in [0.2, 0.25) is 17.7 Å². The minimum atomic E-state index is -0.0626. The third kappa shape index (κ3) is 4.99. The van der Waals surface area contributed by atoms with Crippen molar-refractivity contribution in [2.24, 2.45) is 5.92 Å². The molecule has 7 heteroatoms. The second-order valence-corrected chi connectivity index (χ2v) is 4.68. The van der Waals surface area contributed by atoms with Gasteiger partial charge in [-0.25, -0.2) is 0 Å². The number of hydrogen-bond donors (Lipinski definition) is 2. The van der Waals surface area contributed by atoms with Crippen LogP contribution in [0.2, 0.25) is 0 Å². The molecular weight excluding hydrogens is 246 g/mol. The van der Waals surface area contributed by atoms with Crippen molar-refractivity contribution < 1.29 is 9.53 Å². The maximum absolute atomic E-state index is 11.7. The van der Waals surface area contributed by atoms with Gasteiger partial charge in [0.15, 0.2) is 0 Å². The van der Waals surface area contributed by atoms with Crippen LogP contribution in [0.15, 0.2) is 6.07 Å². The Labute approximate surface area is 113 Å². The van der Waals surface area contributed by atoms with Crippen molar-refractivity contribution in [1.82, 2.24) is 15.3 Å². The number of aromatic nitrogens is 2. The minimum absolute atomic E-state index is 0.0626. The minimum Gasteiger partial charge on any atom is -0.481 e. The van der Waals surface area contributed by atoms with Crippen LogP contribution in [0.3, 0.4) is 0 Å². The lowest BCUT2D eigenvalue weighted by Gasteiger charge is -2.18. The number of likely N-dealkylation sites (N-methyl/N-ethyl adjacent to an activating group) is 1. The molecule has 0 unspecified atom stereocenters. The molecule has 0 aliphatic rings. The second-order valence-electron chi connectivity index (χ2n) is 4.68. The fourth-order valence-corrected chi connectivity index (χ4v) is 1.40. The number of nitrogens with two attached hydrogens (primary N) is 1. The zero-order chi connectivity index (χ0) is 14.4. The van der Waals surface area contributed by atoms with Gasteiger partial charge in [-0.05, 0) is 5.92 Å². The number of carbonyl (C=O) groups is 1. The molecule has 0 aliphatic heterocycles. The molecule has 0 bridgehead atoms. The van der Waals surface area contributed by atoms with E-state index < -0.39 is 0 Å². The highest BCUT2D eigenvalue weighted by Crippen LogP contribution is 2.16. The van der Waals surface area contributed by atoms with E-state index in [1.165, 1.54) is 7.11 Å². The normalized spacial score (nSPS) is 10.4. The van der Waals surface area contributed by atoms with Gasteiger partial charge in [-0.2, -0.15) is 9.97 Å². The molecule has 0 saturated carbocycles. The number of methoxy groups -OCH3 is 1.